The van der Waals surface area contributed by atoms with Gasteiger partial charge in [0.05, 0.1) is 17.5 Å². The van der Waals surface area contributed by atoms with Crippen LogP contribution in [0.4, 0.5) is 0 Å². The Morgan fingerprint density at radius 2 is 1.96 bits per heavy atom. The van der Waals surface area contributed by atoms with Crippen LogP contribution in [-0.4, -0.2) is 49.5 Å². The molecule has 0 fully saturated rings. The number of amides is 1. The molecule has 0 aliphatic rings. The van der Waals surface area contributed by atoms with Crippen molar-refractivity contribution in [3.8, 4) is 11.4 Å². The molecule has 0 bridgehead atoms. The number of para-hydroxylation sites is 1. The lowest BCUT2D eigenvalue weighted by molar-refractivity contribution is 0.0309. The first-order valence-electron chi connectivity index (χ1n) is 8.15. The molecule has 0 atom stereocenters. The van der Waals surface area contributed by atoms with Gasteiger partial charge >= 0.3 is 0 Å². The van der Waals surface area contributed by atoms with E-state index in [0.717, 1.165) is 17.7 Å². The average Bonchev–Trinajstić information content (AvgIpc) is 2.92. The van der Waals surface area contributed by atoms with E-state index in [2.05, 4.69) is 5.10 Å². The number of aryl methyl sites for hydroxylation is 1. The summed E-state index contributed by atoms with van der Waals surface area (Å²) >= 11 is 0. The third-order valence-corrected chi connectivity index (χ3v) is 3.76. The molecular formula is C18H25N3O3. The van der Waals surface area contributed by atoms with Crippen molar-refractivity contribution in [2.75, 3.05) is 13.1 Å². The van der Waals surface area contributed by atoms with E-state index < -0.39 is 11.5 Å². The summed E-state index contributed by atoms with van der Waals surface area (Å²) in [7, 11) is 0. The molecule has 6 nitrogen and oxygen atoms in total. The van der Waals surface area contributed by atoms with Crippen molar-refractivity contribution in [2.24, 2.45) is 0 Å². The van der Waals surface area contributed by atoms with E-state index in [0.29, 0.717) is 6.54 Å². The number of aromatic hydroxyl groups is 1. The molecule has 0 aliphatic heterocycles. The zero-order valence-corrected chi connectivity index (χ0v) is 14.7. The molecule has 2 aromatic rings. The number of rotatable bonds is 6. The Labute approximate surface area is 142 Å². The van der Waals surface area contributed by atoms with E-state index in [-0.39, 0.29) is 18.0 Å². The van der Waals surface area contributed by atoms with Gasteiger partial charge < -0.3 is 15.1 Å². The summed E-state index contributed by atoms with van der Waals surface area (Å²) in [4.78, 5) is 14.1. The Morgan fingerprint density at radius 3 is 2.54 bits per heavy atom. The molecule has 1 amide bonds. The lowest BCUT2D eigenvalue weighted by Crippen LogP contribution is -2.42. The largest absolute Gasteiger partial charge is 0.504 e. The minimum absolute atomic E-state index is 0.00740. The fourth-order valence-corrected chi connectivity index (χ4v) is 2.62. The van der Waals surface area contributed by atoms with Crippen LogP contribution < -0.4 is 0 Å². The van der Waals surface area contributed by atoms with Crippen LogP contribution in [0.5, 0.6) is 5.75 Å². The molecule has 130 valence electrons. The molecule has 2 rings (SSSR count). The van der Waals surface area contributed by atoms with E-state index in [1.165, 1.54) is 15.8 Å². The maximum absolute atomic E-state index is 12.7. The van der Waals surface area contributed by atoms with Crippen molar-refractivity contribution in [3.05, 3.63) is 41.7 Å². The van der Waals surface area contributed by atoms with Gasteiger partial charge in [-0.3, -0.25) is 4.79 Å². The van der Waals surface area contributed by atoms with Crippen LogP contribution in [0.2, 0.25) is 0 Å². The second kappa shape index (κ2) is 7.05. The van der Waals surface area contributed by atoms with E-state index in [1.54, 1.807) is 13.8 Å². The number of nitrogens with zero attached hydrogens (tertiary/aromatic N) is 3. The highest BCUT2D eigenvalue weighted by molar-refractivity contribution is 5.94. The van der Waals surface area contributed by atoms with Gasteiger partial charge in [-0.05, 0) is 38.8 Å². The van der Waals surface area contributed by atoms with Gasteiger partial charge in [-0.1, -0.05) is 25.1 Å². The van der Waals surface area contributed by atoms with Gasteiger partial charge in [0.25, 0.3) is 5.91 Å². The van der Waals surface area contributed by atoms with Gasteiger partial charge in [-0.25, -0.2) is 4.68 Å². The second-order valence-electron chi connectivity index (χ2n) is 6.42. The second-order valence-corrected chi connectivity index (χ2v) is 6.42. The first-order chi connectivity index (χ1) is 11.3. The van der Waals surface area contributed by atoms with Crippen molar-refractivity contribution in [1.29, 1.82) is 0 Å². The maximum Gasteiger partial charge on any atom is 0.278 e. The van der Waals surface area contributed by atoms with Crippen LogP contribution in [0.25, 0.3) is 5.69 Å². The van der Waals surface area contributed by atoms with Crippen molar-refractivity contribution >= 4 is 5.91 Å². The number of carbonyl (C=O) groups is 1. The minimum atomic E-state index is -1.02. The molecule has 2 N–H and O–H groups in total. The topological polar surface area (TPSA) is 78.6 Å². The zero-order chi connectivity index (χ0) is 17.9. The van der Waals surface area contributed by atoms with Crippen LogP contribution in [0.1, 0.15) is 43.7 Å². The van der Waals surface area contributed by atoms with Gasteiger partial charge in [0, 0.05) is 13.1 Å². The molecule has 0 unspecified atom stereocenters. The van der Waals surface area contributed by atoms with E-state index in [1.807, 2.05) is 38.1 Å². The molecule has 6 heteroatoms. The molecule has 0 spiro atoms. The number of aliphatic hydroxyl groups is 1. The Kier molecular flexibility index (Phi) is 5.29. The third-order valence-electron chi connectivity index (χ3n) is 3.76. The molecule has 0 radical (unpaired) electrons. The average molecular weight is 331 g/mol. The highest BCUT2D eigenvalue weighted by atomic mass is 16.3. The van der Waals surface area contributed by atoms with Crippen LogP contribution >= 0.6 is 0 Å². The van der Waals surface area contributed by atoms with E-state index in [9.17, 15) is 15.0 Å². The normalized spacial score (nSPS) is 11.5. The zero-order valence-electron chi connectivity index (χ0n) is 14.7. The fraction of sp³-hybridized carbons (Fsp3) is 0.444. The monoisotopic (exact) mass is 331 g/mol. The summed E-state index contributed by atoms with van der Waals surface area (Å²) in [5.74, 6) is -0.565. The highest BCUT2D eigenvalue weighted by Gasteiger charge is 2.26. The lowest BCUT2D eigenvalue weighted by Gasteiger charge is -2.27. The predicted octanol–water partition coefficient (Wildman–Crippen LogP) is 2.37. The first kappa shape index (κ1) is 18.0. The number of aromatic nitrogens is 2. The summed E-state index contributed by atoms with van der Waals surface area (Å²) in [6.45, 7) is 7.72. The number of benzene rings is 1. The molecule has 0 aliphatic carbocycles. The molecule has 24 heavy (non-hydrogen) atoms. The third kappa shape index (κ3) is 3.94. The molecule has 0 saturated heterocycles. The van der Waals surface area contributed by atoms with E-state index in [4.69, 9.17) is 0 Å². The van der Waals surface area contributed by atoms with Crippen molar-refractivity contribution < 1.29 is 15.0 Å². The Hall–Kier alpha value is -2.34. The minimum Gasteiger partial charge on any atom is -0.504 e. The van der Waals surface area contributed by atoms with Crippen molar-refractivity contribution in [2.45, 2.75) is 39.7 Å². The quantitative estimate of drug-likeness (QED) is 0.852. The number of hydrogen-bond donors (Lipinski definition) is 2. The first-order valence-corrected chi connectivity index (χ1v) is 8.15. The van der Waals surface area contributed by atoms with Gasteiger partial charge in [0.1, 0.15) is 0 Å². The molecule has 1 aromatic heterocycles. The summed E-state index contributed by atoms with van der Waals surface area (Å²) < 4.78 is 1.53. The number of carbonyl (C=O) groups excluding carboxylic acids is 1. The molecule has 0 saturated carbocycles. The van der Waals surface area contributed by atoms with Gasteiger partial charge in [0.2, 0.25) is 0 Å². The summed E-state index contributed by atoms with van der Waals surface area (Å²) in [6, 6.07) is 7.72. The highest BCUT2D eigenvalue weighted by Crippen LogP contribution is 2.22. The molecule has 1 heterocycles. The molecular weight excluding hydrogens is 306 g/mol. The smallest absolute Gasteiger partial charge is 0.278 e. The fourth-order valence-electron chi connectivity index (χ4n) is 2.62. The van der Waals surface area contributed by atoms with Crippen LogP contribution in [0.15, 0.2) is 30.5 Å². The predicted molar refractivity (Wildman–Crippen MR) is 92.5 cm³/mol. The van der Waals surface area contributed by atoms with Gasteiger partial charge in [-0.2, -0.15) is 5.10 Å². The van der Waals surface area contributed by atoms with Gasteiger partial charge in [-0.15, -0.1) is 0 Å². The SMILES string of the molecule is CCc1ccccc1-n1cc(O)c(C(=O)N(CC)CC(C)(C)O)n1. The molecule has 1 aromatic carbocycles. The standard InChI is InChI=1S/C18H25N3O3/c1-5-13-9-7-8-10-14(13)21-11-15(22)16(19-21)17(23)20(6-2)12-18(3,4)24/h7-11,22,24H,5-6,12H2,1-4H3. The summed E-state index contributed by atoms with van der Waals surface area (Å²) in [5.41, 5.74) is 0.883. The van der Waals surface area contributed by atoms with Crippen LogP contribution in [0.3, 0.4) is 0 Å². The Bertz CT molecular complexity index is 717. The van der Waals surface area contributed by atoms with E-state index >= 15 is 0 Å². The van der Waals surface area contributed by atoms with Crippen LogP contribution in [0, 0.1) is 0 Å². The van der Waals surface area contributed by atoms with Crippen molar-refractivity contribution in [1.82, 2.24) is 14.7 Å². The maximum atomic E-state index is 12.7. The Morgan fingerprint density at radius 1 is 1.29 bits per heavy atom. The number of likely N-dealkylation sites (N-methyl/N-ethyl adjacent to an activating group) is 1. The lowest BCUT2D eigenvalue weighted by atomic mass is 10.1. The summed E-state index contributed by atoms with van der Waals surface area (Å²) in [6.07, 6.45) is 2.26. The Balaban J connectivity index is 2.36. The van der Waals surface area contributed by atoms with Crippen LogP contribution in [-0.2, 0) is 6.42 Å². The van der Waals surface area contributed by atoms with Crippen molar-refractivity contribution in [3.63, 3.8) is 0 Å². The number of hydrogen-bond acceptors (Lipinski definition) is 4. The van der Waals surface area contributed by atoms with Gasteiger partial charge in [0.15, 0.2) is 11.4 Å². The summed E-state index contributed by atoms with van der Waals surface area (Å²) in [5, 5.41) is 24.4.